The lowest BCUT2D eigenvalue weighted by molar-refractivity contribution is -0.123. The third kappa shape index (κ3) is 3.27. The van der Waals surface area contributed by atoms with Crippen molar-refractivity contribution >= 4 is 39.1 Å². The van der Waals surface area contributed by atoms with Gasteiger partial charge in [-0.25, -0.2) is 9.97 Å². The summed E-state index contributed by atoms with van der Waals surface area (Å²) in [5, 5.41) is 4.51. The van der Waals surface area contributed by atoms with E-state index in [9.17, 15) is 4.79 Å². The molecule has 5 nitrogen and oxygen atoms in total. The number of benzene rings is 1. The van der Waals surface area contributed by atoms with E-state index in [1.165, 1.54) is 16.8 Å². The molecule has 1 aliphatic rings. The van der Waals surface area contributed by atoms with Crippen LogP contribution in [0.2, 0.25) is 5.02 Å². The summed E-state index contributed by atoms with van der Waals surface area (Å²) in [7, 11) is 0. The van der Waals surface area contributed by atoms with Crippen LogP contribution in [0.3, 0.4) is 0 Å². The van der Waals surface area contributed by atoms with E-state index >= 15 is 0 Å². The standard InChI is InChI=1S/C19H18ClN3O2S/c1-11(12-5-2-3-7-14(12)20)23-16(24)9-25-18-17-13-6-4-8-15(13)26-19(17)22-10-21-18/h2-3,5,7,10-11H,4,6,8-9H2,1H3,(H,23,24). The molecular formula is C19H18ClN3O2S. The first-order chi connectivity index (χ1) is 12.6. The van der Waals surface area contributed by atoms with Gasteiger partial charge < -0.3 is 10.1 Å². The molecule has 0 fully saturated rings. The number of thiophene rings is 1. The van der Waals surface area contributed by atoms with Gasteiger partial charge in [0.05, 0.1) is 11.4 Å². The number of carbonyl (C=O) groups excluding carboxylic acids is 1. The molecule has 4 rings (SSSR count). The van der Waals surface area contributed by atoms with Gasteiger partial charge in [0.25, 0.3) is 5.91 Å². The zero-order valence-corrected chi connectivity index (χ0v) is 15.9. The van der Waals surface area contributed by atoms with E-state index in [1.807, 2.05) is 31.2 Å². The first-order valence-electron chi connectivity index (χ1n) is 8.55. The molecule has 3 aromatic rings. The van der Waals surface area contributed by atoms with Crippen molar-refractivity contribution in [2.75, 3.05) is 6.61 Å². The lowest BCUT2D eigenvalue weighted by Gasteiger charge is -2.16. The monoisotopic (exact) mass is 387 g/mol. The average molecular weight is 388 g/mol. The van der Waals surface area contributed by atoms with Gasteiger partial charge in [-0.15, -0.1) is 11.3 Å². The lowest BCUT2D eigenvalue weighted by Crippen LogP contribution is -2.31. The molecule has 1 unspecified atom stereocenters. The summed E-state index contributed by atoms with van der Waals surface area (Å²) in [6.45, 7) is 1.80. The number of halogens is 1. The van der Waals surface area contributed by atoms with E-state index in [1.54, 1.807) is 11.3 Å². The molecule has 1 atom stereocenters. The first-order valence-corrected chi connectivity index (χ1v) is 9.74. The quantitative estimate of drug-likeness (QED) is 0.716. The molecule has 2 aromatic heterocycles. The number of nitrogens with one attached hydrogen (secondary N) is 1. The van der Waals surface area contributed by atoms with Gasteiger partial charge in [0, 0.05) is 9.90 Å². The molecular weight excluding hydrogens is 370 g/mol. The Morgan fingerprint density at radius 1 is 1.35 bits per heavy atom. The van der Waals surface area contributed by atoms with Gasteiger partial charge in [0.1, 0.15) is 11.2 Å². The number of fused-ring (bicyclic) bond motifs is 3. The Kier molecular flexibility index (Phi) is 4.78. The van der Waals surface area contributed by atoms with Crippen LogP contribution in [-0.4, -0.2) is 22.5 Å². The first kappa shape index (κ1) is 17.2. The molecule has 0 saturated carbocycles. The highest BCUT2D eigenvalue weighted by Gasteiger charge is 2.22. The summed E-state index contributed by atoms with van der Waals surface area (Å²) in [6, 6.07) is 7.27. The molecule has 1 N–H and O–H groups in total. The predicted octanol–water partition coefficient (Wildman–Crippen LogP) is 4.09. The molecule has 1 aliphatic carbocycles. The zero-order chi connectivity index (χ0) is 18.1. The summed E-state index contributed by atoms with van der Waals surface area (Å²) >= 11 is 7.88. The predicted molar refractivity (Wildman–Crippen MR) is 103 cm³/mol. The lowest BCUT2D eigenvalue weighted by atomic mass is 10.1. The van der Waals surface area contributed by atoms with Crippen LogP contribution in [0.5, 0.6) is 5.88 Å². The van der Waals surface area contributed by atoms with Crippen LogP contribution < -0.4 is 10.1 Å². The number of aryl methyl sites for hydroxylation is 2. The minimum absolute atomic E-state index is 0.0917. The maximum Gasteiger partial charge on any atom is 0.258 e. The van der Waals surface area contributed by atoms with Crippen molar-refractivity contribution in [1.29, 1.82) is 0 Å². The highest BCUT2D eigenvalue weighted by Crippen LogP contribution is 2.39. The maximum atomic E-state index is 12.3. The Hall–Kier alpha value is -2.18. The average Bonchev–Trinajstić information content (AvgIpc) is 3.21. The van der Waals surface area contributed by atoms with Crippen molar-refractivity contribution in [3.05, 3.63) is 51.6 Å². The summed E-state index contributed by atoms with van der Waals surface area (Å²) in [6.07, 6.45) is 4.76. The van der Waals surface area contributed by atoms with Crippen LogP contribution in [0.25, 0.3) is 10.2 Å². The molecule has 0 spiro atoms. The Labute approximate surface area is 160 Å². The molecule has 2 heterocycles. The fourth-order valence-electron chi connectivity index (χ4n) is 3.33. The molecule has 7 heteroatoms. The molecule has 1 amide bonds. The van der Waals surface area contributed by atoms with Gasteiger partial charge >= 0.3 is 0 Å². The number of ether oxygens (including phenoxy) is 1. The Balaban J connectivity index is 1.45. The molecule has 134 valence electrons. The number of carbonyl (C=O) groups is 1. The minimum atomic E-state index is -0.212. The molecule has 0 bridgehead atoms. The van der Waals surface area contributed by atoms with Crippen molar-refractivity contribution in [3.8, 4) is 5.88 Å². The van der Waals surface area contributed by atoms with Gasteiger partial charge in [-0.3, -0.25) is 4.79 Å². The fraction of sp³-hybridized carbons (Fsp3) is 0.316. The number of hydrogen-bond acceptors (Lipinski definition) is 5. The molecule has 0 radical (unpaired) electrons. The third-order valence-electron chi connectivity index (χ3n) is 4.56. The Morgan fingerprint density at radius 2 is 2.19 bits per heavy atom. The van der Waals surface area contributed by atoms with Crippen LogP contribution in [0.1, 0.15) is 35.4 Å². The van der Waals surface area contributed by atoms with Crippen LogP contribution in [0.15, 0.2) is 30.6 Å². The van der Waals surface area contributed by atoms with Gasteiger partial charge in [-0.2, -0.15) is 0 Å². The SMILES string of the molecule is CC(NC(=O)COc1ncnc2sc3c(c12)CCC3)c1ccccc1Cl. The molecule has 0 aliphatic heterocycles. The van der Waals surface area contributed by atoms with Gasteiger partial charge in [-0.1, -0.05) is 29.8 Å². The van der Waals surface area contributed by atoms with Crippen LogP contribution >= 0.6 is 22.9 Å². The summed E-state index contributed by atoms with van der Waals surface area (Å²) in [5.74, 6) is 0.283. The van der Waals surface area contributed by atoms with Gasteiger partial charge in [-0.05, 0) is 43.4 Å². The maximum absolute atomic E-state index is 12.3. The highest BCUT2D eigenvalue weighted by atomic mass is 35.5. The van der Waals surface area contributed by atoms with Crippen LogP contribution in [-0.2, 0) is 17.6 Å². The topological polar surface area (TPSA) is 64.1 Å². The molecule has 26 heavy (non-hydrogen) atoms. The number of aromatic nitrogens is 2. The van der Waals surface area contributed by atoms with E-state index in [2.05, 4.69) is 15.3 Å². The van der Waals surface area contributed by atoms with E-state index < -0.39 is 0 Å². The number of hydrogen-bond donors (Lipinski definition) is 1. The zero-order valence-electron chi connectivity index (χ0n) is 14.3. The van der Waals surface area contributed by atoms with Crippen LogP contribution in [0, 0.1) is 0 Å². The van der Waals surface area contributed by atoms with Crippen molar-refractivity contribution in [1.82, 2.24) is 15.3 Å². The van der Waals surface area contributed by atoms with Crippen molar-refractivity contribution in [2.24, 2.45) is 0 Å². The number of nitrogens with zero attached hydrogens (tertiary/aromatic N) is 2. The van der Waals surface area contributed by atoms with Crippen molar-refractivity contribution in [2.45, 2.75) is 32.2 Å². The highest BCUT2D eigenvalue weighted by molar-refractivity contribution is 7.18. The van der Waals surface area contributed by atoms with Crippen molar-refractivity contribution < 1.29 is 9.53 Å². The normalized spacial score (nSPS) is 14.2. The van der Waals surface area contributed by atoms with E-state index in [-0.39, 0.29) is 18.6 Å². The number of rotatable bonds is 5. The van der Waals surface area contributed by atoms with Crippen molar-refractivity contribution in [3.63, 3.8) is 0 Å². The number of amides is 1. The molecule has 1 aromatic carbocycles. The Bertz CT molecular complexity index is 973. The second-order valence-electron chi connectivity index (χ2n) is 6.32. The van der Waals surface area contributed by atoms with Gasteiger partial charge in [0.2, 0.25) is 5.88 Å². The Morgan fingerprint density at radius 3 is 3.04 bits per heavy atom. The van der Waals surface area contributed by atoms with E-state index in [4.69, 9.17) is 16.3 Å². The summed E-state index contributed by atoms with van der Waals surface area (Å²) < 4.78 is 5.74. The second kappa shape index (κ2) is 7.21. The molecule has 0 saturated heterocycles. The largest absolute Gasteiger partial charge is 0.467 e. The van der Waals surface area contributed by atoms with E-state index in [0.29, 0.717) is 10.9 Å². The van der Waals surface area contributed by atoms with Gasteiger partial charge in [0.15, 0.2) is 6.61 Å². The second-order valence-corrected chi connectivity index (χ2v) is 7.81. The third-order valence-corrected chi connectivity index (χ3v) is 6.10. The minimum Gasteiger partial charge on any atom is -0.467 e. The van der Waals surface area contributed by atoms with Crippen LogP contribution in [0.4, 0.5) is 0 Å². The van der Waals surface area contributed by atoms with E-state index in [0.717, 1.165) is 35.0 Å². The fourth-order valence-corrected chi connectivity index (χ4v) is 4.85. The summed E-state index contributed by atoms with van der Waals surface area (Å²) in [4.78, 5) is 23.2. The smallest absolute Gasteiger partial charge is 0.258 e. The summed E-state index contributed by atoms with van der Waals surface area (Å²) in [5.41, 5.74) is 2.16.